The van der Waals surface area contributed by atoms with Gasteiger partial charge in [-0.15, -0.1) is 11.3 Å². The lowest BCUT2D eigenvalue weighted by Crippen LogP contribution is -2.31. The second kappa shape index (κ2) is 7.24. The van der Waals surface area contributed by atoms with Gasteiger partial charge < -0.3 is 10.2 Å². The minimum Gasteiger partial charge on any atom is -0.370 e. The Morgan fingerprint density at radius 2 is 2.25 bits per heavy atom. The lowest BCUT2D eigenvalue weighted by molar-refractivity contribution is 0.679. The summed E-state index contributed by atoms with van der Waals surface area (Å²) in [6.45, 7) is 5.30. The van der Waals surface area contributed by atoms with Crippen LogP contribution >= 0.6 is 11.3 Å². The van der Waals surface area contributed by atoms with Gasteiger partial charge in [-0.05, 0) is 24.8 Å². The SMILES string of the molecule is CCCNc1cc(N(C)C(C)Cc2cccs2)ncn1. The lowest BCUT2D eigenvalue weighted by atomic mass is 10.2. The van der Waals surface area contributed by atoms with Crippen molar-refractivity contribution in [1.82, 2.24) is 9.97 Å². The third-order valence-electron chi connectivity index (χ3n) is 3.31. The smallest absolute Gasteiger partial charge is 0.134 e. The topological polar surface area (TPSA) is 41.0 Å². The van der Waals surface area contributed by atoms with Crippen LogP contribution in [0.3, 0.4) is 0 Å². The molecule has 0 amide bonds. The molecule has 0 fully saturated rings. The normalized spacial score (nSPS) is 12.2. The van der Waals surface area contributed by atoms with Crippen LogP contribution in [0.15, 0.2) is 29.9 Å². The van der Waals surface area contributed by atoms with Crippen LogP contribution < -0.4 is 10.2 Å². The zero-order valence-electron chi connectivity index (χ0n) is 12.3. The first-order valence-electron chi connectivity index (χ1n) is 7.01. The van der Waals surface area contributed by atoms with Crippen molar-refractivity contribution < 1.29 is 0 Å². The fourth-order valence-corrected chi connectivity index (χ4v) is 2.80. The zero-order valence-corrected chi connectivity index (χ0v) is 13.2. The van der Waals surface area contributed by atoms with Crippen LogP contribution in [0.25, 0.3) is 0 Å². The molecule has 20 heavy (non-hydrogen) atoms. The molecule has 2 aromatic heterocycles. The summed E-state index contributed by atoms with van der Waals surface area (Å²) in [6, 6.07) is 6.70. The molecule has 0 spiro atoms. The van der Waals surface area contributed by atoms with E-state index in [1.807, 2.05) is 6.07 Å². The molecule has 0 aliphatic carbocycles. The number of hydrogen-bond acceptors (Lipinski definition) is 5. The third-order valence-corrected chi connectivity index (χ3v) is 4.21. The number of thiophene rings is 1. The standard InChI is InChI=1S/C15H22N4S/c1-4-7-16-14-10-15(18-11-17-14)19(3)12(2)9-13-6-5-8-20-13/h5-6,8,10-12H,4,7,9H2,1-3H3,(H,16,17,18). The van der Waals surface area contributed by atoms with Crippen LogP contribution in [0.4, 0.5) is 11.6 Å². The fraction of sp³-hybridized carbons (Fsp3) is 0.467. The van der Waals surface area contributed by atoms with Crippen LogP contribution in [0.5, 0.6) is 0 Å². The van der Waals surface area contributed by atoms with Crippen LogP contribution in [0, 0.1) is 0 Å². The van der Waals surface area contributed by atoms with E-state index in [0.29, 0.717) is 6.04 Å². The monoisotopic (exact) mass is 290 g/mol. The van der Waals surface area contributed by atoms with E-state index in [-0.39, 0.29) is 0 Å². The van der Waals surface area contributed by atoms with Gasteiger partial charge in [-0.1, -0.05) is 13.0 Å². The van der Waals surface area contributed by atoms with E-state index in [1.54, 1.807) is 17.7 Å². The largest absolute Gasteiger partial charge is 0.370 e. The summed E-state index contributed by atoms with van der Waals surface area (Å²) < 4.78 is 0. The van der Waals surface area contributed by atoms with Crippen LogP contribution in [0.2, 0.25) is 0 Å². The van der Waals surface area contributed by atoms with Crippen molar-refractivity contribution >= 4 is 23.0 Å². The van der Waals surface area contributed by atoms with E-state index in [1.165, 1.54) is 4.88 Å². The van der Waals surface area contributed by atoms with Crippen molar-refractivity contribution in [2.75, 3.05) is 23.8 Å². The molecule has 2 heterocycles. The zero-order chi connectivity index (χ0) is 14.4. The van der Waals surface area contributed by atoms with E-state index in [2.05, 4.69) is 58.6 Å². The molecule has 0 saturated heterocycles. The molecule has 0 aromatic carbocycles. The van der Waals surface area contributed by atoms with E-state index >= 15 is 0 Å². The number of aromatic nitrogens is 2. The van der Waals surface area contributed by atoms with E-state index in [4.69, 9.17) is 0 Å². The Balaban J connectivity index is 2.02. The molecular formula is C15H22N4S. The van der Waals surface area contributed by atoms with Crippen molar-refractivity contribution in [3.8, 4) is 0 Å². The minimum atomic E-state index is 0.405. The number of nitrogens with zero attached hydrogens (tertiary/aromatic N) is 3. The molecule has 0 aliphatic rings. The maximum Gasteiger partial charge on any atom is 0.134 e. The third kappa shape index (κ3) is 3.93. The van der Waals surface area contributed by atoms with Crippen LogP contribution in [-0.2, 0) is 6.42 Å². The van der Waals surface area contributed by atoms with Gasteiger partial charge in [-0.2, -0.15) is 0 Å². The van der Waals surface area contributed by atoms with Gasteiger partial charge in [0.15, 0.2) is 0 Å². The summed E-state index contributed by atoms with van der Waals surface area (Å²) in [5.74, 6) is 1.86. The highest BCUT2D eigenvalue weighted by atomic mass is 32.1. The molecule has 0 aliphatic heterocycles. The average Bonchev–Trinajstić information content (AvgIpc) is 2.97. The van der Waals surface area contributed by atoms with Gasteiger partial charge in [-0.25, -0.2) is 9.97 Å². The Bertz CT molecular complexity index is 512. The minimum absolute atomic E-state index is 0.405. The summed E-state index contributed by atoms with van der Waals surface area (Å²) in [5, 5.41) is 5.42. The fourth-order valence-electron chi connectivity index (χ4n) is 1.97. The first-order chi connectivity index (χ1) is 9.70. The highest BCUT2D eigenvalue weighted by Gasteiger charge is 2.13. The van der Waals surface area contributed by atoms with Gasteiger partial charge in [0.2, 0.25) is 0 Å². The number of nitrogens with one attached hydrogen (secondary N) is 1. The number of hydrogen-bond donors (Lipinski definition) is 1. The van der Waals surface area contributed by atoms with Gasteiger partial charge >= 0.3 is 0 Å². The van der Waals surface area contributed by atoms with Gasteiger partial charge in [0.1, 0.15) is 18.0 Å². The highest BCUT2D eigenvalue weighted by molar-refractivity contribution is 7.09. The average molecular weight is 290 g/mol. The number of rotatable bonds is 7. The molecule has 1 N–H and O–H groups in total. The quantitative estimate of drug-likeness (QED) is 0.848. The molecule has 5 heteroatoms. The molecule has 2 aromatic rings. The molecule has 0 bridgehead atoms. The van der Waals surface area contributed by atoms with Crippen LogP contribution in [-0.4, -0.2) is 29.6 Å². The van der Waals surface area contributed by atoms with Crippen molar-refractivity contribution in [2.45, 2.75) is 32.7 Å². The number of likely N-dealkylation sites (N-methyl/N-ethyl adjacent to an activating group) is 1. The molecule has 4 nitrogen and oxygen atoms in total. The summed E-state index contributed by atoms with van der Waals surface area (Å²) >= 11 is 1.81. The second-order valence-corrected chi connectivity index (χ2v) is 5.96. The maximum atomic E-state index is 4.38. The molecular weight excluding hydrogens is 268 g/mol. The first kappa shape index (κ1) is 14.8. The molecule has 0 saturated carbocycles. The molecule has 2 rings (SSSR count). The van der Waals surface area contributed by atoms with Crippen molar-refractivity contribution in [1.29, 1.82) is 0 Å². The predicted molar refractivity (Wildman–Crippen MR) is 86.7 cm³/mol. The summed E-state index contributed by atoms with van der Waals surface area (Å²) in [6.07, 6.45) is 3.75. The first-order valence-corrected chi connectivity index (χ1v) is 7.89. The summed E-state index contributed by atoms with van der Waals surface area (Å²) in [4.78, 5) is 12.2. The number of anilines is 2. The van der Waals surface area contributed by atoms with Gasteiger partial charge in [-0.3, -0.25) is 0 Å². The van der Waals surface area contributed by atoms with E-state index in [9.17, 15) is 0 Å². The van der Waals surface area contributed by atoms with Crippen LogP contribution in [0.1, 0.15) is 25.1 Å². The van der Waals surface area contributed by atoms with E-state index < -0.39 is 0 Å². The molecule has 108 valence electrons. The van der Waals surface area contributed by atoms with Crippen molar-refractivity contribution in [3.05, 3.63) is 34.8 Å². The Morgan fingerprint density at radius 3 is 2.95 bits per heavy atom. The predicted octanol–water partition coefficient (Wildman–Crippen LogP) is 3.43. The maximum absolute atomic E-state index is 4.38. The summed E-state index contributed by atoms with van der Waals surface area (Å²) in [5.41, 5.74) is 0. The molecule has 1 unspecified atom stereocenters. The Morgan fingerprint density at radius 1 is 1.40 bits per heavy atom. The van der Waals surface area contributed by atoms with Gasteiger partial charge in [0.05, 0.1) is 0 Å². The Hall–Kier alpha value is -1.62. The summed E-state index contributed by atoms with van der Waals surface area (Å²) in [7, 11) is 2.09. The Labute approximate surface area is 124 Å². The van der Waals surface area contributed by atoms with E-state index in [0.717, 1.165) is 31.0 Å². The lowest BCUT2D eigenvalue weighted by Gasteiger charge is -2.25. The van der Waals surface area contributed by atoms with Crippen molar-refractivity contribution in [3.63, 3.8) is 0 Å². The Kier molecular flexibility index (Phi) is 5.35. The second-order valence-electron chi connectivity index (χ2n) is 4.93. The molecule has 1 atom stereocenters. The van der Waals surface area contributed by atoms with Crippen molar-refractivity contribution in [2.24, 2.45) is 0 Å². The van der Waals surface area contributed by atoms with Gasteiger partial charge in [0.25, 0.3) is 0 Å². The van der Waals surface area contributed by atoms with Gasteiger partial charge in [0, 0.05) is 37.0 Å². The molecule has 0 radical (unpaired) electrons. The highest BCUT2D eigenvalue weighted by Crippen LogP contribution is 2.19.